The zero-order valence-corrected chi connectivity index (χ0v) is 20.9. The Labute approximate surface area is 191 Å². The summed E-state index contributed by atoms with van der Waals surface area (Å²) in [4.78, 5) is 0. The number of hydrogen-bond acceptors (Lipinski definition) is 2. The summed E-state index contributed by atoms with van der Waals surface area (Å²) in [5.74, 6) is 5.37. The molecule has 0 bridgehead atoms. The van der Waals surface area contributed by atoms with Crippen LogP contribution in [0.25, 0.3) is 0 Å². The Bertz CT molecular complexity index is 743. The van der Waals surface area contributed by atoms with Crippen molar-refractivity contribution in [2.75, 3.05) is 20.2 Å². The first-order chi connectivity index (χ1) is 14.8. The molecule has 2 heteroatoms. The normalized spacial score (nSPS) is 51.1. The molecular weight excluding hydrogens is 378 g/mol. The standard InChI is InChI=1S/C29H47NO/c1-7-8-19(2)17-30-18-20(3)23-9-10-24-22-15-26(31-6)29-16-21(29)11-14-28(29,5)25(22)12-13-27(23,24)4/h7-8,20-26,30H,2,9-18H2,1,3-6H3/b8-7-/t20-,21-,22+,23-,24+,25+,26?,27-,28-,29?/m1/s1. The van der Waals surface area contributed by atoms with Crippen LogP contribution in [0.15, 0.2) is 24.3 Å². The van der Waals surface area contributed by atoms with Crippen molar-refractivity contribution in [1.82, 2.24) is 5.32 Å². The fourth-order valence-corrected chi connectivity index (χ4v) is 10.5. The number of methoxy groups -OCH3 is 1. The molecule has 5 aliphatic rings. The van der Waals surface area contributed by atoms with Crippen molar-refractivity contribution >= 4 is 0 Å². The number of fused-ring (bicyclic) bond motifs is 4. The van der Waals surface area contributed by atoms with E-state index in [-0.39, 0.29) is 0 Å². The van der Waals surface area contributed by atoms with Gasteiger partial charge in [-0.3, -0.25) is 0 Å². The van der Waals surface area contributed by atoms with E-state index < -0.39 is 0 Å². The van der Waals surface area contributed by atoms with Gasteiger partial charge in [0.05, 0.1) is 6.10 Å². The van der Waals surface area contributed by atoms with Gasteiger partial charge in [0, 0.05) is 19.1 Å². The van der Waals surface area contributed by atoms with Gasteiger partial charge in [-0.05, 0) is 117 Å². The fourth-order valence-electron chi connectivity index (χ4n) is 10.5. The number of rotatable bonds is 7. The third-order valence-corrected chi connectivity index (χ3v) is 11.8. The molecule has 0 heterocycles. The summed E-state index contributed by atoms with van der Waals surface area (Å²) in [5, 5.41) is 3.71. The second kappa shape index (κ2) is 7.73. The van der Waals surface area contributed by atoms with Gasteiger partial charge >= 0.3 is 0 Å². The van der Waals surface area contributed by atoms with Crippen LogP contribution in [0.3, 0.4) is 0 Å². The van der Waals surface area contributed by atoms with Crippen molar-refractivity contribution < 1.29 is 4.74 Å². The van der Waals surface area contributed by atoms with Crippen molar-refractivity contribution in [3.05, 3.63) is 24.3 Å². The Kier molecular flexibility index (Phi) is 5.53. The molecule has 0 amide bonds. The maximum absolute atomic E-state index is 6.29. The minimum atomic E-state index is 0.531. The summed E-state index contributed by atoms with van der Waals surface area (Å²) in [7, 11) is 2.02. The van der Waals surface area contributed by atoms with Gasteiger partial charge in [0.2, 0.25) is 0 Å². The van der Waals surface area contributed by atoms with Crippen LogP contribution in [0, 0.1) is 51.8 Å². The summed E-state index contributed by atoms with van der Waals surface area (Å²) < 4.78 is 6.29. The van der Waals surface area contributed by atoms with Gasteiger partial charge in [-0.25, -0.2) is 0 Å². The quantitative estimate of drug-likeness (QED) is 0.462. The van der Waals surface area contributed by atoms with Crippen molar-refractivity contribution in [3.63, 3.8) is 0 Å². The molecule has 1 N–H and O–H groups in total. The van der Waals surface area contributed by atoms with Crippen molar-refractivity contribution in [2.24, 2.45) is 51.8 Å². The van der Waals surface area contributed by atoms with Gasteiger partial charge < -0.3 is 10.1 Å². The van der Waals surface area contributed by atoms with Crippen molar-refractivity contribution in [3.8, 4) is 0 Å². The Morgan fingerprint density at radius 2 is 1.97 bits per heavy atom. The predicted molar refractivity (Wildman–Crippen MR) is 130 cm³/mol. The zero-order chi connectivity index (χ0) is 22.0. The van der Waals surface area contributed by atoms with E-state index in [1.165, 1.54) is 56.9 Å². The molecule has 1 spiro atoms. The summed E-state index contributed by atoms with van der Waals surface area (Å²) in [6, 6.07) is 0. The van der Waals surface area contributed by atoms with Gasteiger partial charge in [-0.2, -0.15) is 0 Å². The second-order valence-corrected chi connectivity index (χ2v) is 12.7. The molecule has 0 aromatic heterocycles. The number of ether oxygens (including phenoxy) is 1. The van der Waals surface area contributed by atoms with E-state index in [0.717, 1.165) is 48.6 Å². The Morgan fingerprint density at radius 1 is 1.16 bits per heavy atom. The summed E-state index contributed by atoms with van der Waals surface area (Å²) in [6.45, 7) is 16.2. The topological polar surface area (TPSA) is 21.3 Å². The molecule has 5 aliphatic carbocycles. The Morgan fingerprint density at radius 3 is 2.68 bits per heavy atom. The fraction of sp³-hybridized carbons (Fsp3) is 0.862. The average molecular weight is 426 g/mol. The molecule has 31 heavy (non-hydrogen) atoms. The maximum Gasteiger partial charge on any atom is 0.0638 e. The third kappa shape index (κ3) is 3.03. The zero-order valence-electron chi connectivity index (χ0n) is 20.9. The highest BCUT2D eigenvalue weighted by Crippen LogP contribution is 2.82. The SMILES string of the molecule is C=C(/C=C\C)CNC[C@@H](C)[C@H]1CC[C@H]2[C@@H]3CC(OC)C45C[C@H]4CC[C@]5(C)[C@H]3CC[C@]12C. The first kappa shape index (κ1) is 22.2. The van der Waals surface area contributed by atoms with Gasteiger partial charge in [-0.15, -0.1) is 0 Å². The van der Waals surface area contributed by atoms with Gasteiger partial charge in [0.1, 0.15) is 0 Å². The lowest BCUT2D eigenvalue weighted by Crippen LogP contribution is -2.57. The van der Waals surface area contributed by atoms with Gasteiger partial charge in [0.15, 0.2) is 0 Å². The van der Waals surface area contributed by atoms with Gasteiger partial charge in [-0.1, -0.05) is 39.5 Å². The first-order valence-electron chi connectivity index (χ1n) is 13.4. The molecule has 174 valence electrons. The number of nitrogens with one attached hydrogen (secondary N) is 1. The highest BCUT2D eigenvalue weighted by molar-refractivity contribution is 5.26. The highest BCUT2D eigenvalue weighted by atomic mass is 16.5. The average Bonchev–Trinajstić information content (AvgIpc) is 3.24. The minimum absolute atomic E-state index is 0.531. The summed E-state index contributed by atoms with van der Waals surface area (Å²) in [5.41, 5.74) is 2.83. The van der Waals surface area contributed by atoms with E-state index in [9.17, 15) is 0 Å². The summed E-state index contributed by atoms with van der Waals surface area (Å²) >= 11 is 0. The van der Waals surface area contributed by atoms with Crippen LogP contribution in [0.2, 0.25) is 0 Å². The molecule has 2 nitrogen and oxygen atoms in total. The molecule has 10 atom stereocenters. The predicted octanol–water partition coefficient (Wildman–Crippen LogP) is 6.63. The third-order valence-electron chi connectivity index (χ3n) is 11.8. The molecule has 5 fully saturated rings. The lowest BCUT2D eigenvalue weighted by atomic mass is 9.45. The van der Waals surface area contributed by atoms with E-state index in [2.05, 4.69) is 51.7 Å². The number of allylic oxidation sites excluding steroid dienone is 1. The van der Waals surface area contributed by atoms with Crippen molar-refractivity contribution in [1.29, 1.82) is 0 Å². The van der Waals surface area contributed by atoms with Crippen LogP contribution in [0.5, 0.6) is 0 Å². The van der Waals surface area contributed by atoms with Crippen LogP contribution in [-0.4, -0.2) is 26.3 Å². The molecule has 0 aromatic rings. The lowest BCUT2D eigenvalue weighted by molar-refractivity contribution is -0.161. The number of hydrogen-bond donors (Lipinski definition) is 1. The van der Waals surface area contributed by atoms with Gasteiger partial charge in [0.25, 0.3) is 0 Å². The second-order valence-electron chi connectivity index (χ2n) is 12.7. The Balaban J connectivity index is 1.30. The van der Waals surface area contributed by atoms with E-state index in [4.69, 9.17) is 4.74 Å². The van der Waals surface area contributed by atoms with Crippen LogP contribution in [0.1, 0.15) is 79.1 Å². The molecule has 0 aliphatic heterocycles. The van der Waals surface area contributed by atoms with E-state index in [1.54, 1.807) is 0 Å². The van der Waals surface area contributed by atoms with E-state index in [0.29, 0.717) is 22.3 Å². The van der Waals surface area contributed by atoms with Crippen LogP contribution < -0.4 is 5.32 Å². The highest BCUT2D eigenvalue weighted by Gasteiger charge is 2.77. The maximum atomic E-state index is 6.29. The molecule has 5 saturated carbocycles. The molecule has 0 aromatic carbocycles. The first-order valence-corrected chi connectivity index (χ1v) is 13.4. The van der Waals surface area contributed by atoms with Crippen LogP contribution in [-0.2, 0) is 4.74 Å². The van der Waals surface area contributed by atoms with Crippen LogP contribution in [0.4, 0.5) is 0 Å². The van der Waals surface area contributed by atoms with E-state index >= 15 is 0 Å². The molecule has 0 radical (unpaired) electrons. The largest absolute Gasteiger partial charge is 0.381 e. The summed E-state index contributed by atoms with van der Waals surface area (Å²) in [6.07, 6.45) is 16.4. The smallest absolute Gasteiger partial charge is 0.0638 e. The van der Waals surface area contributed by atoms with E-state index in [1.807, 2.05) is 7.11 Å². The molecule has 0 saturated heterocycles. The van der Waals surface area contributed by atoms with Crippen molar-refractivity contribution in [2.45, 2.75) is 85.2 Å². The Hall–Kier alpha value is -0.600. The minimum Gasteiger partial charge on any atom is -0.381 e. The lowest BCUT2D eigenvalue weighted by Gasteiger charge is -2.61. The molecule has 5 rings (SSSR count). The van der Waals surface area contributed by atoms with Crippen LogP contribution >= 0.6 is 0 Å². The molecule has 2 unspecified atom stereocenters. The monoisotopic (exact) mass is 425 g/mol. The molecular formula is C29H47NO.